The molecule has 1 atom stereocenters. The number of amides is 2. The largest absolute Gasteiger partial charge is 0.334 e. The summed E-state index contributed by atoms with van der Waals surface area (Å²) in [7, 11) is 0. The molecular formula is C27H24N4O2. The zero-order chi connectivity index (χ0) is 22.9. The molecule has 0 spiro atoms. The molecule has 164 valence electrons. The van der Waals surface area contributed by atoms with Crippen molar-refractivity contribution in [1.29, 1.82) is 0 Å². The van der Waals surface area contributed by atoms with Crippen molar-refractivity contribution in [2.75, 3.05) is 4.90 Å². The quantitative estimate of drug-likeness (QED) is 0.422. The van der Waals surface area contributed by atoms with Gasteiger partial charge in [-0.05, 0) is 38.5 Å². The summed E-state index contributed by atoms with van der Waals surface area (Å²) < 4.78 is 5.75. The molecule has 0 saturated heterocycles. The van der Waals surface area contributed by atoms with Gasteiger partial charge < -0.3 is 9.84 Å². The highest BCUT2D eigenvalue weighted by Crippen LogP contribution is 2.39. The van der Waals surface area contributed by atoms with Crippen LogP contribution in [0.2, 0.25) is 0 Å². The number of nitrogens with zero attached hydrogens (tertiary/aromatic N) is 3. The van der Waals surface area contributed by atoms with Gasteiger partial charge in [-0.3, -0.25) is 4.90 Å². The Bertz CT molecular complexity index is 1320. The van der Waals surface area contributed by atoms with Crippen LogP contribution in [0.5, 0.6) is 0 Å². The zero-order valence-corrected chi connectivity index (χ0v) is 18.7. The second-order valence-corrected chi connectivity index (χ2v) is 8.25. The molecule has 2 heterocycles. The monoisotopic (exact) mass is 436 g/mol. The van der Waals surface area contributed by atoms with Crippen LogP contribution in [0.3, 0.4) is 0 Å². The Kier molecular flexibility index (Phi) is 5.26. The Balaban J connectivity index is 1.64. The molecule has 0 bridgehead atoms. The van der Waals surface area contributed by atoms with Gasteiger partial charge in [-0.25, -0.2) is 4.79 Å². The van der Waals surface area contributed by atoms with Crippen molar-refractivity contribution in [3.63, 3.8) is 0 Å². The summed E-state index contributed by atoms with van der Waals surface area (Å²) in [5.74, 6) is 0.893. The summed E-state index contributed by atoms with van der Waals surface area (Å²) in [6.07, 6.45) is 0. The van der Waals surface area contributed by atoms with Crippen molar-refractivity contribution in [3.05, 3.63) is 107 Å². The number of carbonyl (C=O) groups excluding carboxylic acids is 1. The van der Waals surface area contributed by atoms with E-state index >= 15 is 0 Å². The maximum Gasteiger partial charge on any atom is 0.326 e. The molecule has 0 radical (unpaired) electrons. The van der Waals surface area contributed by atoms with E-state index in [-0.39, 0.29) is 6.03 Å². The van der Waals surface area contributed by atoms with Crippen LogP contribution in [0, 0.1) is 13.8 Å². The minimum absolute atomic E-state index is 0.202. The standard InChI is InChI=1S/C27H24N4O2/c1-17-9-13-21(14-10-17)25-29-26(33-30-25)23-19(3)31(22-15-11-18(2)12-16-22)27(32)28-24(23)20-7-5-4-6-8-20/h4-16,24H,1-3H3,(H,28,32). The molecule has 1 N–H and O–H groups in total. The summed E-state index contributed by atoms with van der Waals surface area (Å²) in [5, 5.41) is 7.36. The van der Waals surface area contributed by atoms with E-state index < -0.39 is 6.04 Å². The van der Waals surface area contributed by atoms with Crippen molar-refractivity contribution in [2.45, 2.75) is 26.8 Å². The molecule has 3 aromatic carbocycles. The van der Waals surface area contributed by atoms with E-state index in [9.17, 15) is 4.79 Å². The topological polar surface area (TPSA) is 71.3 Å². The fraction of sp³-hybridized carbons (Fsp3) is 0.148. The summed E-state index contributed by atoms with van der Waals surface area (Å²) in [4.78, 5) is 19.6. The molecule has 2 amide bonds. The molecule has 1 aliphatic heterocycles. The summed E-state index contributed by atoms with van der Waals surface area (Å²) in [5.41, 5.74) is 6.40. The van der Waals surface area contributed by atoms with Crippen LogP contribution in [0.1, 0.15) is 35.5 Å². The van der Waals surface area contributed by atoms with Gasteiger partial charge in [-0.2, -0.15) is 4.98 Å². The lowest BCUT2D eigenvalue weighted by atomic mass is 9.94. The number of aromatic nitrogens is 2. The average Bonchev–Trinajstić information content (AvgIpc) is 3.30. The van der Waals surface area contributed by atoms with Crippen LogP contribution in [0.4, 0.5) is 10.5 Å². The van der Waals surface area contributed by atoms with E-state index in [4.69, 9.17) is 9.51 Å². The first-order valence-corrected chi connectivity index (χ1v) is 10.9. The molecule has 1 aromatic heterocycles. The van der Waals surface area contributed by atoms with Crippen molar-refractivity contribution < 1.29 is 9.32 Å². The first-order chi connectivity index (χ1) is 16.0. The average molecular weight is 437 g/mol. The molecule has 0 aliphatic carbocycles. The van der Waals surface area contributed by atoms with Crippen LogP contribution < -0.4 is 10.2 Å². The van der Waals surface area contributed by atoms with Crippen LogP contribution in [0.15, 0.2) is 89.1 Å². The van der Waals surface area contributed by atoms with Gasteiger partial charge in [0.05, 0.1) is 17.3 Å². The van der Waals surface area contributed by atoms with Gasteiger partial charge in [-0.15, -0.1) is 0 Å². The number of urea groups is 1. The molecule has 1 aliphatic rings. The summed E-state index contributed by atoms with van der Waals surface area (Å²) in [6.45, 7) is 5.97. The predicted octanol–water partition coefficient (Wildman–Crippen LogP) is 6.06. The van der Waals surface area contributed by atoms with Crippen molar-refractivity contribution in [3.8, 4) is 11.4 Å². The lowest BCUT2D eigenvalue weighted by molar-refractivity contribution is 0.244. The fourth-order valence-electron chi connectivity index (χ4n) is 4.07. The molecule has 4 aromatic rings. The van der Waals surface area contributed by atoms with E-state index in [0.29, 0.717) is 11.7 Å². The SMILES string of the molecule is CC1=C(c2nc(-c3ccc(C)cc3)no2)C(c2ccccc2)NC(=O)N1c1ccc(C)cc1. The Morgan fingerprint density at radius 3 is 2.15 bits per heavy atom. The molecule has 0 saturated carbocycles. The predicted molar refractivity (Wildman–Crippen MR) is 128 cm³/mol. The van der Waals surface area contributed by atoms with Crippen LogP contribution in [-0.4, -0.2) is 16.2 Å². The Hall–Kier alpha value is -4.19. The Labute approximate surface area is 192 Å². The normalized spacial score (nSPS) is 16.2. The van der Waals surface area contributed by atoms with Crippen LogP contribution in [0.25, 0.3) is 17.0 Å². The van der Waals surface area contributed by atoms with Gasteiger partial charge in [0.1, 0.15) is 0 Å². The number of hydrogen-bond donors (Lipinski definition) is 1. The second kappa shape index (κ2) is 8.39. The molecule has 1 unspecified atom stereocenters. The van der Waals surface area contributed by atoms with Crippen molar-refractivity contribution >= 4 is 17.3 Å². The molecule has 6 nitrogen and oxygen atoms in total. The number of carbonyl (C=O) groups is 1. The highest BCUT2D eigenvalue weighted by molar-refractivity contribution is 6.01. The van der Waals surface area contributed by atoms with E-state index in [1.165, 1.54) is 0 Å². The maximum absolute atomic E-state index is 13.2. The number of anilines is 1. The molecule has 6 heteroatoms. The number of aryl methyl sites for hydroxylation is 2. The van der Waals surface area contributed by atoms with E-state index in [2.05, 4.69) is 10.5 Å². The van der Waals surface area contributed by atoms with Gasteiger partial charge in [0.2, 0.25) is 5.82 Å². The maximum atomic E-state index is 13.2. The minimum Gasteiger partial charge on any atom is -0.334 e. The molecule has 33 heavy (non-hydrogen) atoms. The third-order valence-electron chi connectivity index (χ3n) is 5.88. The lowest BCUT2D eigenvalue weighted by Crippen LogP contribution is -2.46. The first-order valence-electron chi connectivity index (χ1n) is 10.9. The minimum atomic E-state index is -0.410. The van der Waals surface area contributed by atoms with Gasteiger partial charge in [0.25, 0.3) is 5.89 Å². The number of rotatable bonds is 4. The number of benzene rings is 3. The molecule has 5 rings (SSSR count). The highest BCUT2D eigenvalue weighted by Gasteiger charge is 2.36. The van der Waals surface area contributed by atoms with Crippen LogP contribution >= 0.6 is 0 Å². The van der Waals surface area contributed by atoms with Gasteiger partial charge >= 0.3 is 6.03 Å². The van der Waals surface area contributed by atoms with Gasteiger partial charge in [0.15, 0.2) is 0 Å². The lowest BCUT2D eigenvalue weighted by Gasteiger charge is -2.35. The van der Waals surface area contributed by atoms with Gasteiger partial charge in [-0.1, -0.05) is 83.0 Å². The highest BCUT2D eigenvalue weighted by atomic mass is 16.5. The second-order valence-electron chi connectivity index (χ2n) is 8.25. The van der Waals surface area contributed by atoms with E-state index in [1.807, 2.05) is 99.6 Å². The third-order valence-corrected chi connectivity index (χ3v) is 5.88. The molecule has 0 fully saturated rings. The number of hydrogen-bond acceptors (Lipinski definition) is 4. The zero-order valence-electron chi connectivity index (χ0n) is 18.7. The third kappa shape index (κ3) is 3.91. The van der Waals surface area contributed by atoms with E-state index in [0.717, 1.165) is 39.2 Å². The summed E-state index contributed by atoms with van der Waals surface area (Å²) >= 11 is 0. The van der Waals surface area contributed by atoms with Crippen molar-refractivity contribution in [1.82, 2.24) is 15.5 Å². The number of allylic oxidation sites excluding steroid dienone is 1. The fourth-order valence-corrected chi connectivity index (χ4v) is 4.07. The van der Waals surface area contributed by atoms with Gasteiger partial charge in [0, 0.05) is 11.3 Å². The smallest absolute Gasteiger partial charge is 0.326 e. The number of nitrogens with one attached hydrogen (secondary N) is 1. The Morgan fingerprint density at radius 2 is 1.48 bits per heavy atom. The van der Waals surface area contributed by atoms with Crippen molar-refractivity contribution in [2.24, 2.45) is 0 Å². The molecular weight excluding hydrogens is 412 g/mol. The Morgan fingerprint density at radius 1 is 0.848 bits per heavy atom. The summed E-state index contributed by atoms with van der Waals surface area (Å²) in [6, 6.07) is 25.0. The van der Waals surface area contributed by atoms with E-state index in [1.54, 1.807) is 4.90 Å². The first kappa shape index (κ1) is 20.7. The van der Waals surface area contributed by atoms with Crippen LogP contribution in [-0.2, 0) is 0 Å².